The van der Waals surface area contributed by atoms with Crippen LogP contribution in [0.2, 0.25) is 0 Å². The van der Waals surface area contributed by atoms with Gasteiger partial charge < -0.3 is 16.4 Å². The van der Waals surface area contributed by atoms with Gasteiger partial charge in [-0.05, 0) is 154 Å². The number of nitrogens with two attached hydrogens (primary N) is 2. The van der Waals surface area contributed by atoms with E-state index in [0.717, 1.165) is 46.0 Å². The summed E-state index contributed by atoms with van der Waals surface area (Å²) in [5, 5.41) is 8.38. The van der Waals surface area contributed by atoms with Crippen LogP contribution in [0.1, 0.15) is 50.1 Å². The number of para-hydroxylation sites is 1. The van der Waals surface area contributed by atoms with Crippen LogP contribution >= 0.6 is 0 Å². The van der Waals surface area contributed by atoms with E-state index in [9.17, 15) is 0 Å². The average Bonchev–Trinajstić information content (AvgIpc) is 3.33. The Morgan fingerprint density at radius 3 is 1.45 bits per heavy atom. The van der Waals surface area contributed by atoms with Gasteiger partial charge in [0.25, 0.3) is 0 Å². The normalized spacial score (nSPS) is 10.1. The molecule has 0 heterocycles. The van der Waals surface area contributed by atoms with Crippen molar-refractivity contribution in [1.29, 1.82) is 5.26 Å². The molecule has 0 amide bonds. The van der Waals surface area contributed by atoms with Gasteiger partial charge >= 0.3 is 0 Å². The van der Waals surface area contributed by atoms with E-state index in [-0.39, 0.29) is 0 Å². The predicted octanol–water partition coefficient (Wildman–Crippen LogP) is 16.0. The Bertz CT molecular complexity index is 2900. The van der Waals surface area contributed by atoms with Crippen LogP contribution in [-0.4, -0.2) is 0 Å². The molecule has 328 valence electrons. The van der Waals surface area contributed by atoms with E-state index >= 15 is 0 Å². The van der Waals surface area contributed by atoms with E-state index in [1.807, 2.05) is 79.7 Å². The number of benzene rings is 9. The highest BCUT2D eigenvalue weighted by Gasteiger charge is 2.15. The fourth-order valence-corrected chi connectivity index (χ4v) is 7.49. The molecule has 9 rings (SSSR count). The lowest BCUT2D eigenvalue weighted by Gasteiger charge is -2.27. The third kappa shape index (κ3) is 13.4. The summed E-state index contributed by atoms with van der Waals surface area (Å²) in [6.07, 6.45) is 0.921. The third-order valence-electron chi connectivity index (χ3n) is 11.2. The van der Waals surface area contributed by atoms with E-state index in [4.69, 9.17) is 16.7 Å². The largest absolute Gasteiger partial charge is 0.399 e. The molecule has 0 spiro atoms. The molecule has 4 heteroatoms. The SMILES string of the molecule is Cc1ccc(C#N)cc1.Cc1ccc(Cc2ccccc2)c(-c2ccccc2N)c1.Cc1ccc(N(c2ccc(N)cc2)c2ccc(C)c(-c3ccccc3C)c2)cc1.Cc1ccccc1. The Balaban J connectivity index is 0.000000168. The standard InChI is InChI=1S/C27H26N2.C20H19N.C8H7N.C7H8/c1-19-8-13-23(14-9-19)29(24-16-11-22(28)12-17-24)25-15-10-21(3)27(18-25)26-7-5-4-6-20(26)2;1-15-11-12-17(14-16-7-3-2-4-8-16)19(13-15)18-9-5-6-10-20(18)21;1-7-2-4-8(6-9)5-3-7;1-7-5-3-2-4-6-7/h4-18H,28H2,1-3H3;2-13H,14,21H2,1H3;2-5H,1H3;2-6H,1H3. The molecular weight excluding hydrogens is 801 g/mol. The molecule has 0 aliphatic rings. The fraction of sp³-hybridized carbons (Fsp3) is 0.113. The summed E-state index contributed by atoms with van der Waals surface area (Å²) in [5.41, 5.74) is 32.8. The quantitative estimate of drug-likeness (QED) is 0.156. The number of anilines is 5. The zero-order chi connectivity index (χ0) is 46.8. The molecule has 66 heavy (non-hydrogen) atoms. The smallest absolute Gasteiger partial charge is 0.0991 e. The Morgan fingerprint density at radius 2 is 0.879 bits per heavy atom. The van der Waals surface area contributed by atoms with Crippen molar-refractivity contribution < 1.29 is 0 Å². The van der Waals surface area contributed by atoms with Crippen molar-refractivity contribution in [2.45, 2.75) is 48.0 Å². The van der Waals surface area contributed by atoms with Crippen molar-refractivity contribution in [1.82, 2.24) is 0 Å². The molecule has 9 aromatic rings. The molecule has 0 saturated carbocycles. The molecule has 0 fully saturated rings. The van der Waals surface area contributed by atoms with E-state index < -0.39 is 0 Å². The van der Waals surface area contributed by atoms with Crippen molar-refractivity contribution in [3.05, 3.63) is 268 Å². The second-order valence-corrected chi connectivity index (χ2v) is 16.6. The van der Waals surface area contributed by atoms with E-state index in [0.29, 0.717) is 0 Å². The number of aryl methyl sites for hydroxylation is 6. The number of nitrogen functional groups attached to an aromatic ring is 2. The molecule has 0 radical (unpaired) electrons. The maximum absolute atomic E-state index is 8.38. The van der Waals surface area contributed by atoms with Gasteiger partial charge in [-0.25, -0.2) is 0 Å². The maximum Gasteiger partial charge on any atom is 0.0991 e. The fourth-order valence-electron chi connectivity index (χ4n) is 7.49. The second-order valence-electron chi connectivity index (χ2n) is 16.6. The summed E-state index contributed by atoms with van der Waals surface area (Å²) in [6, 6.07) is 76.9. The first-order valence-electron chi connectivity index (χ1n) is 22.3. The lowest BCUT2D eigenvalue weighted by atomic mass is 9.92. The van der Waals surface area contributed by atoms with Gasteiger partial charge in [-0.15, -0.1) is 0 Å². The minimum Gasteiger partial charge on any atom is -0.399 e. The minimum absolute atomic E-state index is 0.723. The van der Waals surface area contributed by atoms with Gasteiger partial charge in [0.1, 0.15) is 0 Å². The molecule has 0 aliphatic carbocycles. The van der Waals surface area contributed by atoms with Crippen LogP contribution in [0.3, 0.4) is 0 Å². The van der Waals surface area contributed by atoms with Crippen molar-refractivity contribution >= 4 is 28.4 Å². The number of nitrogens with zero attached hydrogens (tertiary/aromatic N) is 2. The second kappa shape index (κ2) is 23.5. The first-order valence-corrected chi connectivity index (χ1v) is 22.3. The first-order chi connectivity index (χ1) is 32.0. The lowest BCUT2D eigenvalue weighted by Crippen LogP contribution is -2.10. The van der Waals surface area contributed by atoms with Gasteiger partial charge in [-0.3, -0.25) is 0 Å². The molecule has 9 aromatic carbocycles. The predicted molar refractivity (Wildman–Crippen MR) is 283 cm³/mol. The van der Waals surface area contributed by atoms with E-state index in [2.05, 4.69) is 191 Å². The topological polar surface area (TPSA) is 79.1 Å². The van der Waals surface area contributed by atoms with Crippen molar-refractivity contribution in [3.8, 4) is 28.3 Å². The van der Waals surface area contributed by atoms with Gasteiger partial charge in [0.15, 0.2) is 0 Å². The minimum atomic E-state index is 0.723. The summed E-state index contributed by atoms with van der Waals surface area (Å²) < 4.78 is 0. The molecule has 0 saturated heterocycles. The highest BCUT2D eigenvalue weighted by molar-refractivity contribution is 5.82. The summed E-state index contributed by atoms with van der Waals surface area (Å²) in [5.74, 6) is 0. The van der Waals surface area contributed by atoms with Crippen molar-refractivity contribution in [2.75, 3.05) is 16.4 Å². The Morgan fingerprint density at radius 1 is 0.394 bits per heavy atom. The molecule has 0 bridgehead atoms. The summed E-state index contributed by atoms with van der Waals surface area (Å²) in [6.45, 7) is 12.7. The van der Waals surface area contributed by atoms with Crippen LogP contribution in [0.5, 0.6) is 0 Å². The first kappa shape index (κ1) is 47.4. The number of nitriles is 1. The molecule has 0 atom stereocenters. The number of hydrogen-bond acceptors (Lipinski definition) is 4. The Hall–Kier alpha value is -8.13. The molecule has 4 N–H and O–H groups in total. The Labute approximate surface area is 393 Å². The van der Waals surface area contributed by atoms with Gasteiger partial charge in [-0.2, -0.15) is 5.26 Å². The Kier molecular flexibility index (Phi) is 16.9. The van der Waals surface area contributed by atoms with Crippen LogP contribution < -0.4 is 16.4 Å². The van der Waals surface area contributed by atoms with Crippen molar-refractivity contribution in [3.63, 3.8) is 0 Å². The highest BCUT2D eigenvalue weighted by atomic mass is 15.1. The molecule has 0 unspecified atom stereocenters. The summed E-state index contributed by atoms with van der Waals surface area (Å²) >= 11 is 0. The average molecular weight is 861 g/mol. The number of rotatable bonds is 7. The summed E-state index contributed by atoms with van der Waals surface area (Å²) in [7, 11) is 0. The van der Waals surface area contributed by atoms with Gasteiger partial charge in [0, 0.05) is 34.0 Å². The van der Waals surface area contributed by atoms with Gasteiger partial charge in [-0.1, -0.05) is 174 Å². The van der Waals surface area contributed by atoms with Gasteiger partial charge in [0.2, 0.25) is 0 Å². The van der Waals surface area contributed by atoms with Crippen LogP contribution in [0, 0.1) is 52.9 Å². The molecule has 4 nitrogen and oxygen atoms in total. The van der Waals surface area contributed by atoms with Crippen molar-refractivity contribution in [2.24, 2.45) is 0 Å². The summed E-state index contributed by atoms with van der Waals surface area (Å²) in [4.78, 5) is 2.28. The third-order valence-corrected chi connectivity index (χ3v) is 11.2. The zero-order valence-electron chi connectivity index (χ0n) is 39.0. The van der Waals surface area contributed by atoms with Crippen LogP contribution in [-0.2, 0) is 6.42 Å². The lowest BCUT2D eigenvalue weighted by molar-refractivity contribution is 1.19. The maximum atomic E-state index is 8.38. The number of hydrogen-bond donors (Lipinski definition) is 2. The van der Waals surface area contributed by atoms with Crippen LogP contribution in [0.4, 0.5) is 28.4 Å². The molecule has 0 aliphatic heterocycles. The highest BCUT2D eigenvalue weighted by Crippen LogP contribution is 2.38. The monoisotopic (exact) mass is 860 g/mol. The van der Waals surface area contributed by atoms with E-state index in [1.54, 1.807) is 0 Å². The molecular formula is C62H60N4. The zero-order valence-corrected chi connectivity index (χ0v) is 39.0. The van der Waals surface area contributed by atoms with Crippen LogP contribution in [0.25, 0.3) is 22.3 Å². The van der Waals surface area contributed by atoms with Gasteiger partial charge in [0.05, 0.1) is 11.6 Å². The van der Waals surface area contributed by atoms with Crippen LogP contribution in [0.15, 0.2) is 218 Å². The van der Waals surface area contributed by atoms with E-state index in [1.165, 1.54) is 61.2 Å². The molecule has 0 aromatic heterocycles.